The van der Waals surface area contributed by atoms with Crippen LogP contribution in [-0.2, 0) is 6.42 Å². The van der Waals surface area contributed by atoms with Gasteiger partial charge in [0.1, 0.15) is 5.82 Å². The predicted octanol–water partition coefficient (Wildman–Crippen LogP) is 3.76. The highest BCUT2D eigenvalue weighted by Crippen LogP contribution is 2.23. The van der Waals surface area contributed by atoms with Gasteiger partial charge in [0.05, 0.1) is 0 Å². The summed E-state index contributed by atoms with van der Waals surface area (Å²) < 4.78 is 13.7. The van der Waals surface area contributed by atoms with Crippen LogP contribution in [0.2, 0.25) is 5.02 Å². The minimum absolute atomic E-state index is 0.110. The van der Waals surface area contributed by atoms with Gasteiger partial charge in [-0.2, -0.15) is 0 Å². The number of benzene rings is 2. The van der Waals surface area contributed by atoms with E-state index in [0.29, 0.717) is 23.6 Å². The third kappa shape index (κ3) is 3.09. The SMILES string of the molecule is NCC(Cc1cc(Cl)ccc1F)c1ccccc1. The molecule has 2 N–H and O–H groups in total. The van der Waals surface area contributed by atoms with Crippen LogP contribution in [0.1, 0.15) is 17.0 Å². The molecule has 0 radical (unpaired) electrons. The molecule has 2 aromatic carbocycles. The van der Waals surface area contributed by atoms with Crippen LogP contribution < -0.4 is 5.73 Å². The van der Waals surface area contributed by atoms with E-state index in [1.807, 2.05) is 30.3 Å². The highest BCUT2D eigenvalue weighted by atomic mass is 35.5. The van der Waals surface area contributed by atoms with Crippen LogP contribution in [0.15, 0.2) is 48.5 Å². The maximum atomic E-state index is 13.7. The molecule has 0 saturated heterocycles. The molecule has 0 spiro atoms. The van der Waals surface area contributed by atoms with Crippen molar-refractivity contribution in [2.45, 2.75) is 12.3 Å². The summed E-state index contributed by atoms with van der Waals surface area (Å²) in [5.41, 5.74) is 7.52. The molecule has 0 saturated carbocycles. The van der Waals surface area contributed by atoms with Crippen molar-refractivity contribution in [1.82, 2.24) is 0 Å². The number of rotatable bonds is 4. The maximum absolute atomic E-state index is 13.7. The first-order valence-electron chi connectivity index (χ1n) is 5.89. The zero-order chi connectivity index (χ0) is 13.0. The lowest BCUT2D eigenvalue weighted by molar-refractivity contribution is 0.590. The average molecular weight is 264 g/mol. The van der Waals surface area contributed by atoms with E-state index in [1.54, 1.807) is 12.1 Å². The predicted molar refractivity (Wildman–Crippen MR) is 73.4 cm³/mol. The van der Waals surface area contributed by atoms with Crippen LogP contribution in [-0.4, -0.2) is 6.54 Å². The highest BCUT2D eigenvalue weighted by molar-refractivity contribution is 6.30. The summed E-state index contributed by atoms with van der Waals surface area (Å²) >= 11 is 5.89. The fourth-order valence-corrected chi connectivity index (χ4v) is 2.22. The average Bonchev–Trinajstić information content (AvgIpc) is 2.41. The van der Waals surface area contributed by atoms with Gasteiger partial charge >= 0.3 is 0 Å². The van der Waals surface area contributed by atoms with Gasteiger partial charge in [0.2, 0.25) is 0 Å². The van der Waals surface area contributed by atoms with Crippen LogP contribution in [0.5, 0.6) is 0 Å². The third-order valence-electron chi connectivity index (χ3n) is 3.03. The van der Waals surface area contributed by atoms with Crippen molar-refractivity contribution in [2.24, 2.45) is 5.73 Å². The molecule has 0 amide bonds. The third-order valence-corrected chi connectivity index (χ3v) is 3.26. The molecule has 2 aromatic rings. The van der Waals surface area contributed by atoms with Gasteiger partial charge in [-0.05, 0) is 42.3 Å². The number of halogens is 2. The quantitative estimate of drug-likeness (QED) is 0.893. The first-order chi connectivity index (χ1) is 8.70. The van der Waals surface area contributed by atoms with Crippen molar-refractivity contribution in [3.05, 3.63) is 70.5 Å². The summed E-state index contributed by atoms with van der Waals surface area (Å²) in [5, 5.41) is 0.551. The minimum atomic E-state index is -0.228. The Morgan fingerprint density at radius 3 is 2.50 bits per heavy atom. The Hall–Kier alpha value is -1.38. The van der Waals surface area contributed by atoms with Crippen LogP contribution in [0, 0.1) is 5.82 Å². The van der Waals surface area contributed by atoms with Gasteiger partial charge in [0.25, 0.3) is 0 Å². The van der Waals surface area contributed by atoms with E-state index in [-0.39, 0.29) is 11.7 Å². The standard InChI is InChI=1S/C15H15ClFN/c16-14-6-7-15(17)12(9-14)8-13(10-18)11-4-2-1-3-5-11/h1-7,9,13H,8,10,18H2. The summed E-state index contributed by atoms with van der Waals surface area (Å²) in [6, 6.07) is 14.5. The molecule has 0 fully saturated rings. The molecule has 0 aromatic heterocycles. The second-order valence-electron chi connectivity index (χ2n) is 4.28. The fraction of sp³-hybridized carbons (Fsp3) is 0.200. The molecule has 0 heterocycles. The number of hydrogen-bond acceptors (Lipinski definition) is 1. The van der Waals surface area contributed by atoms with Gasteiger partial charge in [-0.1, -0.05) is 41.9 Å². The fourth-order valence-electron chi connectivity index (χ4n) is 2.03. The summed E-state index contributed by atoms with van der Waals surface area (Å²) in [7, 11) is 0. The van der Waals surface area contributed by atoms with Gasteiger partial charge < -0.3 is 5.73 Å². The summed E-state index contributed by atoms with van der Waals surface area (Å²) in [6.45, 7) is 0.482. The van der Waals surface area contributed by atoms with Gasteiger partial charge in [0, 0.05) is 10.9 Å². The molecule has 0 aliphatic carbocycles. The van der Waals surface area contributed by atoms with Crippen molar-refractivity contribution in [1.29, 1.82) is 0 Å². The van der Waals surface area contributed by atoms with Gasteiger partial charge in [-0.3, -0.25) is 0 Å². The highest BCUT2D eigenvalue weighted by Gasteiger charge is 2.13. The summed E-state index contributed by atoms with van der Waals surface area (Å²) in [4.78, 5) is 0. The number of nitrogens with two attached hydrogens (primary N) is 1. The molecule has 0 bridgehead atoms. The van der Waals surface area contributed by atoms with Crippen molar-refractivity contribution in [3.8, 4) is 0 Å². The molecular formula is C15H15ClFN. The topological polar surface area (TPSA) is 26.0 Å². The Morgan fingerprint density at radius 2 is 1.83 bits per heavy atom. The molecule has 1 nitrogen and oxygen atoms in total. The summed E-state index contributed by atoms with van der Waals surface area (Å²) in [6.07, 6.45) is 0.562. The normalized spacial score (nSPS) is 12.4. The Bertz CT molecular complexity index is 513. The molecule has 18 heavy (non-hydrogen) atoms. The van der Waals surface area contributed by atoms with E-state index < -0.39 is 0 Å². The van der Waals surface area contributed by atoms with E-state index in [2.05, 4.69) is 0 Å². The monoisotopic (exact) mass is 263 g/mol. The Morgan fingerprint density at radius 1 is 1.11 bits per heavy atom. The molecular weight excluding hydrogens is 249 g/mol. The zero-order valence-corrected chi connectivity index (χ0v) is 10.7. The van der Waals surface area contributed by atoms with Crippen LogP contribution in [0.3, 0.4) is 0 Å². The molecule has 1 atom stereocenters. The largest absolute Gasteiger partial charge is 0.330 e. The Labute approximate surface area is 111 Å². The molecule has 0 aliphatic heterocycles. The van der Waals surface area contributed by atoms with E-state index in [9.17, 15) is 4.39 Å². The van der Waals surface area contributed by atoms with E-state index in [4.69, 9.17) is 17.3 Å². The minimum Gasteiger partial charge on any atom is -0.330 e. The second-order valence-corrected chi connectivity index (χ2v) is 4.72. The lowest BCUT2D eigenvalue weighted by Gasteiger charge is -2.15. The van der Waals surface area contributed by atoms with E-state index in [0.717, 1.165) is 5.56 Å². The van der Waals surface area contributed by atoms with Crippen molar-refractivity contribution in [3.63, 3.8) is 0 Å². The molecule has 0 aliphatic rings. The van der Waals surface area contributed by atoms with Crippen molar-refractivity contribution >= 4 is 11.6 Å². The lowest BCUT2D eigenvalue weighted by atomic mass is 9.92. The zero-order valence-electron chi connectivity index (χ0n) is 9.94. The number of hydrogen-bond donors (Lipinski definition) is 1. The molecule has 1 unspecified atom stereocenters. The molecule has 94 valence electrons. The molecule has 2 rings (SSSR count). The van der Waals surface area contributed by atoms with Crippen molar-refractivity contribution < 1.29 is 4.39 Å². The first-order valence-corrected chi connectivity index (χ1v) is 6.27. The lowest BCUT2D eigenvalue weighted by Crippen LogP contribution is -2.15. The second kappa shape index (κ2) is 5.98. The van der Waals surface area contributed by atoms with E-state index in [1.165, 1.54) is 6.07 Å². The Kier molecular flexibility index (Phi) is 4.34. The van der Waals surface area contributed by atoms with Gasteiger partial charge in [-0.25, -0.2) is 4.39 Å². The smallest absolute Gasteiger partial charge is 0.126 e. The van der Waals surface area contributed by atoms with Crippen LogP contribution >= 0.6 is 11.6 Å². The van der Waals surface area contributed by atoms with Gasteiger partial charge in [0.15, 0.2) is 0 Å². The van der Waals surface area contributed by atoms with Crippen LogP contribution in [0.4, 0.5) is 4.39 Å². The first kappa shape index (κ1) is 13.1. The molecule has 3 heteroatoms. The van der Waals surface area contributed by atoms with Gasteiger partial charge in [-0.15, -0.1) is 0 Å². The van der Waals surface area contributed by atoms with Crippen LogP contribution in [0.25, 0.3) is 0 Å². The Balaban J connectivity index is 2.23. The van der Waals surface area contributed by atoms with E-state index >= 15 is 0 Å². The van der Waals surface area contributed by atoms with Crippen molar-refractivity contribution in [2.75, 3.05) is 6.54 Å². The summed E-state index contributed by atoms with van der Waals surface area (Å²) in [5.74, 6) is -0.118. The maximum Gasteiger partial charge on any atom is 0.126 e.